The average molecular weight is 322 g/mol. The van der Waals surface area contributed by atoms with E-state index in [0.717, 1.165) is 5.56 Å². The molecule has 0 atom stereocenters. The highest BCUT2D eigenvalue weighted by Crippen LogP contribution is 2.27. The molecule has 3 aromatic rings. The second-order valence-electron chi connectivity index (χ2n) is 5.39. The van der Waals surface area contributed by atoms with Crippen LogP contribution >= 0.6 is 0 Å². The number of nitrogens with two attached hydrogens (primary N) is 2. The first kappa shape index (κ1) is 15.6. The topological polar surface area (TPSA) is 94.9 Å². The zero-order valence-corrected chi connectivity index (χ0v) is 13.0. The quantitative estimate of drug-likeness (QED) is 0.775. The largest absolute Gasteiger partial charge is 0.382 e. The van der Waals surface area contributed by atoms with Crippen LogP contribution in [0.3, 0.4) is 0 Å². The fourth-order valence-electron chi connectivity index (χ4n) is 2.30. The van der Waals surface area contributed by atoms with Crippen molar-refractivity contribution in [1.82, 2.24) is 9.97 Å². The maximum Gasteiger partial charge on any atom is 0.248 e. The van der Waals surface area contributed by atoms with Crippen LogP contribution in [0.5, 0.6) is 0 Å². The highest BCUT2D eigenvalue weighted by molar-refractivity contribution is 5.93. The van der Waals surface area contributed by atoms with Crippen LogP contribution in [0.4, 0.5) is 10.2 Å². The van der Waals surface area contributed by atoms with Crippen LogP contribution < -0.4 is 11.5 Å². The van der Waals surface area contributed by atoms with E-state index in [1.807, 2.05) is 0 Å². The van der Waals surface area contributed by atoms with E-state index < -0.39 is 5.91 Å². The van der Waals surface area contributed by atoms with Crippen LogP contribution in [0.1, 0.15) is 15.9 Å². The van der Waals surface area contributed by atoms with Gasteiger partial charge in [-0.3, -0.25) is 4.79 Å². The maximum absolute atomic E-state index is 13.8. The molecule has 0 saturated heterocycles. The fraction of sp³-hybridized carbons (Fsp3) is 0.0556. The lowest BCUT2D eigenvalue weighted by Gasteiger charge is -2.08. The van der Waals surface area contributed by atoms with E-state index in [1.165, 1.54) is 12.3 Å². The van der Waals surface area contributed by atoms with Gasteiger partial charge in [0.25, 0.3) is 0 Å². The second kappa shape index (κ2) is 6.08. The SMILES string of the molecule is Cc1ccc(-c2nc(-c3ccc(C(N)=O)cc3)cnc2N)cc1F. The summed E-state index contributed by atoms with van der Waals surface area (Å²) < 4.78 is 13.8. The number of hydrogen-bond acceptors (Lipinski definition) is 4. The van der Waals surface area contributed by atoms with E-state index in [0.29, 0.717) is 28.1 Å². The van der Waals surface area contributed by atoms with Crippen molar-refractivity contribution < 1.29 is 9.18 Å². The third-order valence-corrected chi connectivity index (χ3v) is 3.71. The van der Waals surface area contributed by atoms with Crippen LogP contribution in [0.2, 0.25) is 0 Å². The van der Waals surface area contributed by atoms with Gasteiger partial charge in [0.15, 0.2) is 0 Å². The van der Waals surface area contributed by atoms with Crippen LogP contribution in [0.25, 0.3) is 22.5 Å². The number of hydrogen-bond donors (Lipinski definition) is 2. The van der Waals surface area contributed by atoms with Crippen LogP contribution in [0.15, 0.2) is 48.7 Å². The van der Waals surface area contributed by atoms with Crippen molar-refractivity contribution in [2.45, 2.75) is 6.92 Å². The normalized spacial score (nSPS) is 10.6. The number of aromatic nitrogens is 2. The molecule has 1 amide bonds. The molecule has 0 aliphatic rings. The van der Waals surface area contributed by atoms with E-state index in [9.17, 15) is 9.18 Å². The van der Waals surface area contributed by atoms with Gasteiger partial charge in [0, 0.05) is 16.7 Å². The Labute approximate surface area is 138 Å². The second-order valence-corrected chi connectivity index (χ2v) is 5.39. The minimum atomic E-state index is -0.499. The molecule has 1 aromatic heterocycles. The van der Waals surface area contributed by atoms with Gasteiger partial charge < -0.3 is 11.5 Å². The lowest BCUT2D eigenvalue weighted by atomic mass is 10.1. The third-order valence-electron chi connectivity index (χ3n) is 3.71. The Kier molecular flexibility index (Phi) is 3.95. The molecule has 1 heterocycles. The first-order valence-electron chi connectivity index (χ1n) is 7.25. The number of aryl methyl sites for hydroxylation is 1. The zero-order valence-electron chi connectivity index (χ0n) is 13.0. The molecule has 0 aliphatic carbocycles. The standard InChI is InChI=1S/C18H15FN4O/c1-10-2-3-13(8-14(10)19)16-17(20)22-9-15(23-16)11-4-6-12(7-5-11)18(21)24/h2-9H,1H3,(H2,20,22)(H2,21,24). The number of primary amides is 1. The molecule has 0 bridgehead atoms. The van der Waals surface area contributed by atoms with Crippen molar-refractivity contribution in [3.8, 4) is 22.5 Å². The molecular formula is C18H15FN4O. The molecule has 5 nitrogen and oxygen atoms in total. The van der Waals surface area contributed by atoms with Gasteiger partial charge in [-0.1, -0.05) is 24.3 Å². The van der Waals surface area contributed by atoms with Crippen molar-refractivity contribution >= 4 is 11.7 Å². The minimum absolute atomic E-state index is 0.218. The average Bonchev–Trinajstić information content (AvgIpc) is 2.58. The van der Waals surface area contributed by atoms with Crippen molar-refractivity contribution in [3.05, 3.63) is 65.6 Å². The highest BCUT2D eigenvalue weighted by atomic mass is 19.1. The molecule has 0 aliphatic heterocycles. The van der Waals surface area contributed by atoms with Gasteiger partial charge in [-0.15, -0.1) is 0 Å². The van der Waals surface area contributed by atoms with Gasteiger partial charge >= 0.3 is 0 Å². The monoisotopic (exact) mass is 322 g/mol. The highest BCUT2D eigenvalue weighted by Gasteiger charge is 2.11. The Hall–Kier alpha value is -3.28. The molecule has 0 fully saturated rings. The Morgan fingerprint density at radius 2 is 1.75 bits per heavy atom. The molecule has 4 N–H and O–H groups in total. The van der Waals surface area contributed by atoms with Crippen molar-refractivity contribution in [2.24, 2.45) is 5.73 Å². The number of anilines is 1. The lowest BCUT2D eigenvalue weighted by molar-refractivity contribution is 0.100. The van der Waals surface area contributed by atoms with Gasteiger partial charge in [-0.25, -0.2) is 14.4 Å². The predicted molar refractivity (Wildman–Crippen MR) is 90.5 cm³/mol. The number of nitrogen functional groups attached to an aromatic ring is 1. The zero-order chi connectivity index (χ0) is 17.3. The molecule has 0 saturated carbocycles. The summed E-state index contributed by atoms with van der Waals surface area (Å²) in [6.45, 7) is 1.69. The first-order chi connectivity index (χ1) is 11.5. The number of benzene rings is 2. The van der Waals surface area contributed by atoms with E-state index in [1.54, 1.807) is 43.3 Å². The summed E-state index contributed by atoms with van der Waals surface area (Å²) in [6.07, 6.45) is 1.53. The predicted octanol–water partition coefficient (Wildman–Crippen LogP) is 2.94. The van der Waals surface area contributed by atoms with Crippen LogP contribution in [-0.4, -0.2) is 15.9 Å². The smallest absolute Gasteiger partial charge is 0.248 e. The Balaban J connectivity index is 2.05. The summed E-state index contributed by atoms with van der Waals surface area (Å²) in [6, 6.07) is 11.5. The molecular weight excluding hydrogens is 307 g/mol. The van der Waals surface area contributed by atoms with Gasteiger partial charge in [-0.05, 0) is 30.7 Å². The molecule has 0 unspecified atom stereocenters. The van der Waals surface area contributed by atoms with Gasteiger partial charge in [0.1, 0.15) is 17.3 Å². The number of carbonyl (C=O) groups is 1. The third kappa shape index (κ3) is 2.94. The van der Waals surface area contributed by atoms with E-state index >= 15 is 0 Å². The minimum Gasteiger partial charge on any atom is -0.382 e. The molecule has 6 heteroatoms. The van der Waals surface area contributed by atoms with Crippen molar-refractivity contribution in [3.63, 3.8) is 0 Å². The number of nitrogens with zero attached hydrogens (tertiary/aromatic N) is 2. The van der Waals surface area contributed by atoms with Crippen molar-refractivity contribution in [1.29, 1.82) is 0 Å². The molecule has 0 spiro atoms. The molecule has 3 rings (SSSR count). The molecule has 2 aromatic carbocycles. The summed E-state index contributed by atoms with van der Waals surface area (Å²) in [5.74, 6) is -0.610. The first-order valence-corrected chi connectivity index (χ1v) is 7.25. The van der Waals surface area contributed by atoms with Gasteiger partial charge in [0.2, 0.25) is 5.91 Å². The van der Waals surface area contributed by atoms with E-state index in [4.69, 9.17) is 11.5 Å². The molecule has 0 radical (unpaired) electrons. The Bertz CT molecular complexity index is 923. The van der Waals surface area contributed by atoms with Crippen LogP contribution in [-0.2, 0) is 0 Å². The van der Waals surface area contributed by atoms with Crippen LogP contribution in [0, 0.1) is 12.7 Å². The van der Waals surface area contributed by atoms with Crippen molar-refractivity contribution in [2.75, 3.05) is 5.73 Å². The summed E-state index contributed by atoms with van der Waals surface area (Å²) in [5.41, 5.74) is 14.4. The number of amides is 1. The molecule has 24 heavy (non-hydrogen) atoms. The fourth-order valence-corrected chi connectivity index (χ4v) is 2.30. The number of rotatable bonds is 3. The summed E-state index contributed by atoms with van der Waals surface area (Å²) in [5, 5.41) is 0. The van der Waals surface area contributed by atoms with E-state index in [-0.39, 0.29) is 11.6 Å². The molecule has 120 valence electrons. The number of carbonyl (C=O) groups excluding carboxylic acids is 1. The number of halogens is 1. The summed E-state index contributed by atoms with van der Waals surface area (Å²) >= 11 is 0. The Morgan fingerprint density at radius 3 is 2.38 bits per heavy atom. The summed E-state index contributed by atoms with van der Waals surface area (Å²) in [7, 11) is 0. The van der Waals surface area contributed by atoms with E-state index in [2.05, 4.69) is 9.97 Å². The maximum atomic E-state index is 13.8. The Morgan fingerprint density at radius 1 is 1.08 bits per heavy atom. The lowest BCUT2D eigenvalue weighted by Crippen LogP contribution is -2.10. The van der Waals surface area contributed by atoms with Gasteiger partial charge in [0.05, 0.1) is 11.9 Å². The summed E-state index contributed by atoms with van der Waals surface area (Å²) in [4.78, 5) is 19.8. The van der Waals surface area contributed by atoms with Gasteiger partial charge in [-0.2, -0.15) is 0 Å².